The molecule has 0 aliphatic heterocycles. The first-order chi connectivity index (χ1) is 13.5. The highest BCUT2D eigenvalue weighted by molar-refractivity contribution is 7.18. The summed E-state index contributed by atoms with van der Waals surface area (Å²) in [5, 5.41) is 6.00. The zero-order valence-electron chi connectivity index (χ0n) is 16.5. The fourth-order valence-corrected chi connectivity index (χ4v) is 3.86. The molecular weight excluding hydrogens is 376 g/mol. The van der Waals surface area contributed by atoms with Crippen molar-refractivity contribution in [3.05, 3.63) is 51.9 Å². The van der Waals surface area contributed by atoms with Gasteiger partial charge in [-0.05, 0) is 37.8 Å². The summed E-state index contributed by atoms with van der Waals surface area (Å²) in [7, 11) is 0. The van der Waals surface area contributed by atoms with Gasteiger partial charge in [0.2, 0.25) is 5.91 Å². The van der Waals surface area contributed by atoms with Gasteiger partial charge in [-0.15, -0.1) is 11.3 Å². The summed E-state index contributed by atoms with van der Waals surface area (Å²) in [6.07, 6.45) is 1.75. The molecule has 7 heteroatoms. The third-order valence-electron chi connectivity index (χ3n) is 4.10. The molecule has 28 heavy (non-hydrogen) atoms. The Morgan fingerprint density at radius 1 is 1.11 bits per heavy atom. The van der Waals surface area contributed by atoms with Crippen LogP contribution in [0, 0.1) is 6.92 Å². The number of nitrogens with one attached hydrogen (secondary N) is 2. The summed E-state index contributed by atoms with van der Waals surface area (Å²) in [6.45, 7) is 6.01. The third-order valence-corrected chi connectivity index (χ3v) is 5.31. The van der Waals surface area contributed by atoms with Crippen LogP contribution in [0.5, 0.6) is 0 Å². The Balaban J connectivity index is 2.16. The molecule has 0 bridgehead atoms. The van der Waals surface area contributed by atoms with E-state index in [0.29, 0.717) is 41.2 Å². The highest BCUT2D eigenvalue weighted by Gasteiger charge is 2.26. The quantitative estimate of drug-likeness (QED) is 0.622. The van der Waals surface area contributed by atoms with Crippen molar-refractivity contribution in [2.75, 3.05) is 18.5 Å². The molecule has 0 saturated carbocycles. The van der Waals surface area contributed by atoms with Gasteiger partial charge in [-0.2, -0.15) is 0 Å². The number of thiophene rings is 1. The number of esters is 1. The molecule has 0 unspecified atom stereocenters. The van der Waals surface area contributed by atoms with Crippen LogP contribution in [0.15, 0.2) is 30.3 Å². The monoisotopic (exact) mass is 402 g/mol. The van der Waals surface area contributed by atoms with Crippen LogP contribution in [0.4, 0.5) is 5.00 Å². The number of benzene rings is 1. The summed E-state index contributed by atoms with van der Waals surface area (Å²) in [4.78, 5) is 37.4. The standard InChI is InChI=1S/C21H26N2O4S/c1-4-9-16(24)23-20-17(21(26)27-5-2)14(3)18(28-20)19(25)22-13-12-15-10-7-6-8-11-15/h6-8,10-11H,4-5,9,12-13H2,1-3H3,(H,22,25)(H,23,24). The smallest absolute Gasteiger partial charge is 0.341 e. The maximum absolute atomic E-state index is 12.6. The van der Waals surface area contributed by atoms with Crippen LogP contribution in [-0.4, -0.2) is 30.9 Å². The van der Waals surface area contributed by atoms with Crippen molar-refractivity contribution in [3.8, 4) is 0 Å². The van der Waals surface area contributed by atoms with E-state index in [9.17, 15) is 14.4 Å². The lowest BCUT2D eigenvalue weighted by Crippen LogP contribution is -2.25. The molecule has 1 aromatic heterocycles. The number of amides is 2. The van der Waals surface area contributed by atoms with Crippen LogP contribution in [0.3, 0.4) is 0 Å². The Hall–Kier alpha value is -2.67. The lowest BCUT2D eigenvalue weighted by molar-refractivity contribution is -0.116. The first-order valence-electron chi connectivity index (χ1n) is 9.40. The molecule has 1 aromatic carbocycles. The van der Waals surface area contributed by atoms with Crippen molar-refractivity contribution in [2.24, 2.45) is 0 Å². The van der Waals surface area contributed by atoms with Crippen LogP contribution in [-0.2, 0) is 16.0 Å². The molecule has 0 atom stereocenters. The lowest BCUT2D eigenvalue weighted by atomic mass is 10.1. The van der Waals surface area contributed by atoms with Gasteiger partial charge in [-0.1, -0.05) is 37.3 Å². The first-order valence-corrected chi connectivity index (χ1v) is 10.2. The summed E-state index contributed by atoms with van der Waals surface area (Å²) in [6, 6.07) is 9.86. The molecule has 6 nitrogen and oxygen atoms in total. The number of anilines is 1. The van der Waals surface area contributed by atoms with Gasteiger partial charge in [0.25, 0.3) is 5.91 Å². The van der Waals surface area contributed by atoms with E-state index in [1.165, 1.54) is 0 Å². The van der Waals surface area contributed by atoms with Gasteiger partial charge in [0, 0.05) is 13.0 Å². The topological polar surface area (TPSA) is 84.5 Å². The van der Waals surface area contributed by atoms with Gasteiger partial charge in [0.1, 0.15) is 5.00 Å². The molecule has 2 rings (SSSR count). The molecule has 150 valence electrons. The first kappa shape index (κ1) is 21.6. The van der Waals surface area contributed by atoms with E-state index < -0.39 is 5.97 Å². The van der Waals surface area contributed by atoms with Gasteiger partial charge >= 0.3 is 5.97 Å². The Morgan fingerprint density at radius 3 is 2.46 bits per heavy atom. The number of hydrogen-bond donors (Lipinski definition) is 2. The van der Waals surface area contributed by atoms with E-state index in [-0.39, 0.29) is 24.0 Å². The predicted molar refractivity (Wildman–Crippen MR) is 111 cm³/mol. The average Bonchev–Trinajstić information content (AvgIpc) is 2.99. The second-order valence-electron chi connectivity index (χ2n) is 6.27. The Bertz CT molecular complexity index is 830. The van der Waals surface area contributed by atoms with E-state index in [4.69, 9.17) is 4.74 Å². The second kappa shape index (κ2) is 10.6. The Labute approximate surface area is 169 Å². The van der Waals surface area contributed by atoms with Gasteiger partial charge < -0.3 is 15.4 Å². The predicted octanol–water partition coefficient (Wildman–Crippen LogP) is 3.94. The molecule has 0 aliphatic carbocycles. The maximum atomic E-state index is 12.6. The van der Waals surface area contributed by atoms with Crippen molar-refractivity contribution in [1.29, 1.82) is 0 Å². The zero-order chi connectivity index (χ0) is 20.5. The van der Waals surface area contributed by atoms with Crippen LogP contribution in [0.1, 0.15) is 57.8 Å². The summed E-state index contributed by atoms with van der Waals surface area (Å²) in [5.74, 6) is -0.989. The normalized spacial score (nSPS) is 10.4. The fraction of sp³-hybridized carbons (Fsp3) is 0.381. The molecule has 0 radical (unpaired) electrons. The van der Waals surface area contributed by atoms with Gasteiger partial charge in [0.05, 0.1) is 17.0 Å². The average molecular weight is 403 g/mol. The van der Waals surface area contributed by atoms with Crippen LogP contribution >= 0.6 is 11.3 Å². The van der Waals surface area contributed by atoms with Crippen molar-refractivity contribution >= 4 is 34.1 Å². The fourth-order valence-electron chi connectivity index (χ4n) is 2.73. The lowest BCUT2D eigenvalue weighted by Gasteiger charge is -2.06. The highest BCUT2D eigenvalue weighted by Crippen LogP contribution is 2.34. The van der Waals surface area contributed by atoms with Gasteiger partial charge in [-0.3, -0.25) is 9.59 Å². The van der Waals surface area contributed by atoms with Crippen molar-refractivity contribution in [3.63, 3.8) is 0 Å². The number of hydrogen-bond acceptors (Lipinski definition) is 5. The molecule has 2 amide bonds. The van der Waals surface area contributed by atoms with Crippen LogP contribution in [0.25, 0.3) is 0 Å². The molecule has 1 heterocycles. The second-order valence-corrected chi connectivity index (χ2v) is 7.29. The molecule has 2 N–H and O–H groups in total. The van der Waals surface area contributed by atoms with E-state index in [1.54, 1.807) is 13.8 Å². The minimum Gasteiger partial charge on any atom is -0.462 e. The van der Waals surface area contributed by atoms with Crippen LogP contribution in [0.2, 0.25) is 0 Å². The molecule has 2 aromatic rings. The van der Waals surface area contributed by atoms with Crippen molar-refractivity contribution < 1.29 is 19.1 Å². The number of rotatable bonds is 9. The highest BCUT2D eigenvalue weighted by atomic mass is 32.1. The molecule has 0 aliphatic rings. The molecule has 0 fully saturated rings. The summed E-state index contributed by atoms with van der Waals surface area (Å²) >= 11 is 1.10. The molecular formula is C21H26N2O4S. The summed E-state index contributed by atoms with van der Waals surface area (Å²) < 4.78 is 5.11. The number of ether oxygens (including phenoxy) is 1. The Kier molecular flexibility index (Phi) is 8.19. The van der Waals surface area contributed by atoms with E-state index >= 15 is 0 Å². The zero-order valence-corrected chi connectivity index (χ0v) is 17.3. The third kappa shape index (κ3) is 5.66. The number of carbonyl (C=O) groups excluding carboxylic acids is 3. The van der Waals surface area contributed by atoms with E-state index in [1.807, 2.05) is 37.3 Å². The maximum Gasteiger partial charge on any atom is 0.341 e. The van der Waals surface area contributed by atoms with Gasteiger partial charge in [0.15, 0.2) is 0 Å². The molecule has 0 saturated heterocycles. The molecule has 0 spiro atoms. The van der Waals surface area contributed by atoms with E-state index in [2.05, 4.69) is 10.6 Å². The van der Waals surface area contributed by atoms with Crippen molar-refractivity contribution in [2.45, 2.75) is 40.0 Å². The minimum absolute atomic E-state index is 0.190. The SMILES string of the molecule is CCCC(=O)Nc1sc(C(=O)NCCc2ccccc2)c(C)c1C(=O)OCC. The van der Waals surface area contributed by atoms with Crippen molar-refractivity contribution in [1.82, 2.24) is 5.32 Å². The summed E-state index contributed by atoms with van der Waals surface area (Å²) in [5.41, 5.74) is 1.91. The largest absolute Gasteiger partial charge is 0.462 e. The van der Waals surface area contributed by atoms with E-state index in [0.717, 1.165) is 16.9 Å². The van der Waals surface area contributed by atoms with Gasteiger partial charge in [-0.25, -0.2) is 4.79 Å². The minimum atomic E-state index is -0.536. The number of carbonyl (C=O) groups is 3. The van der Waals surface area contributed by atoms with Crippen LogP contribution < -0.4 is 10.6 Å². The Morgan fingerprint density at radius 2 is 1.82 bits per heavy atom.